The van der Waals surface area contributed by atoms with E-state index in [9.17, 15) is 9.59 Å². The average molecular weight is 391 g/mol. The van der Waals surface area contributed by atoms with Crippen LogP contribution in [0.3, 0.4) is 0 Å². The summed E-state index contributed by atoms with van der Waals surface area (Å²) in [5.74, 6) is -0.360. The van der Waals surface area contributed by atoms with Crippen LogP contribution in [0.1, 0.15) is 40.5 Å². The van der Waals surface area contributed by atoms with Crippen LogP contribution in [0, 0.1) is 5.41 Å². The maximum absolute atomic E-state index is 12.6. The van der Waals surface area contributed by atoms with Crippen LogP contribution in [0.15, 0.2) is 48.8 Å². The number of fused-ring (bicyclic) bond motifs is 1. The third kappa shape index (κ3) is 4.46. The summed E-state index contributed by atoms with van der Waals surface area (Å²) in [7, 11) is 0. The number of rotatable bonds is 5. The Balaban J connectivity index is 1.41. The first-order valence-corrected chi connectivity index (χ1v) is 9.86. The second-order valence-corrected chi connectivity index (χ2v) is 7.91. The number of imidazole rings is 1. The Morgan fingerprint density at radius 2 is 1.86 bits per heavy atom. The van der Waals surface area contributed by atoms with Crippen molar-refractivity contribution in [3.63, 3.8) is 0 Å². The van der Waals surface area contributed by atoms with E-state index in [1.165, 1.54) is 0 Å². The van der Waals surface area contributed by atoms with E-state index in [0.717, 1.165) is 37.0 Å². The van der Waals surface area contributed by atoms with E-state index >= 15 is 0 Å². The fourth-order valence-corrected chi connectivity index (χ4v) is 3.62. The molecule has 1 fully saturated rings. The first-order chi connectivity index (χ1) is 14.0. The van der Waals surface area contributed by atoms with Gasteiger partial charge < -0.3 is 20.9 Å². The van der Waals surface area contributed by atoms with Gasteiger partial charge in [0, 0.05) is 23.4 Å². The minimum Gasteiger partial charge on any atom is -0.351 e. The molecule has 29 heavy (non-hydrogen) atoms. The molecular weight excluding hydrogens is 366 g/mol. The number of nitrogens with zero attached hydrogens (tertiary/aromatic N) is 1. The summed E-state index contributed by atoms with van der Waals surface area (Å²) in [6.07, 6.45) is 3.69. The number of aromatic nitrogens is 2. The van der Waals surface area contributed by atoms with Crippen molar-refractivity contribution in [2.24, 2.45) is 5.41 Å². The molecule has 0 radical (unpaired) electrons. The molecule has 1 aliphatic rings. The van der Waals surface area contributed by atoms with E-state index < -0.39 is 0 Å². The van der Waals surface area contributed by atoms with Gasteiger partial charge >= 0.3 is 0 Å². The van der Waals surface area contributed by atoms with E-state index in [0.29, 0.717) is 23.4 Å². The molecule has 7 nitrogen and oxygen atoms in total. The molecule has 7 heteroatoms. The number of piperidine rings is 1. The predicted molar refractivity (Wildman–Crippen MR) is 113 cm³/mol. The fourth-order valence-electron chi connectivity index (χ4n) is 3.62. The highest BCUT2D eigenvalue weighted by molar-refractivity contribution is 6.06. The molecule has 2 amide bonds. The van der Waals surface area contributed by atoms with E-state index in [-0.39, 0.29) is 17.2 Å². The number of carbonyl (C=O) groups is 2. The zero-order valence-corrected chi connectivity index (χ0v) is 16.4. The lowest BCUT2D eigenvalue weighted by Crippen LogP contribution is -2.42. The number of anilines is 1. The minimum absolute atomic E-state index is 0.123. The van der Waals surface area contributed by atoms with Crippen molar-refractivity contribution in [2.45, 2.75) is 19.8 Å². The maximum Gasteiger partial charge on any atom is 0.255 e. The summed E-state index contributed by atoms with van der Waals surface area (Å²) in [4.78, 5) is 32.3. The van der Waals surface area contributed by atoms with E-state index in [4.69, 9.17) is 0 Å². The lowest BCUT2D eigenvalue weighted by atomic mass is 9.81. The Bertz CT molecular complexity index is 1040. The Labute approximate surface area is 169 Å². The molecule has 0 atom stereocenters. The van der Waals surface area contributed by atoms with Crippen molar-refractivity contribution in [1.29, 1.82) is 0 Å². The first-order valence-electron chi connectivity index (χ1n) is 9.86. The fraction of sp³-hybridized carbons (Fsp3) is 0.318. The van der Waals surface area contributed by atoms with E-state index in [1.807, 2.05) is 0 Å². The predicted octanol–water partition coefficient (Wildman–Crippen LogP) is 2.93. The zero-order chi connectivity index (χ0) is 20.3. The SMILES string of the molecule is CC1(CNC(=O)c2cccc(NC(=O)c3ccc4nc[nH]c4c3)c2)CCNCC1. The van der Waals surface area contributed by atoms with Crippen LogP contribution in [-0.2, 0) is 0 Å². The van der Waals surface area contributed by atoms with Crippen molar-refractivity contribution in [3.05, 3.63) is 59.9 Å². The number of benzene rings is 2. The van der Waals surface area contributed by atoms with Gasteiger partial charge in [-0.3, -0.25) is 9.59 Å². The van der Waals surface area contributed by atoms with Crippen LogP contribution in [0.2, 0.25) is 0 Å². The molecule has 1 aliphatic heterocycles. The quantitative estimate of drug-likeness (QED) is 0.537. The monoisotopic (exact) mass is 391 g/mol. The second kappa shape index (κ2) is 8.05. The largest absolute Gasteiger partial charge is 0.351 e. The van der Waals surface area contributed by atoms with Gasteiger partial charge in [0.2, 0.25) is 0 Å². The lowest BCUT2D eigenvalue weighted by Gasteiger charge is -2.34. The number of hydrogen-bond acceptors (Lipinski definition) is 4. The Hall–Kier alpha value is -3.19. The summed E-state index contributed by atoms with van der Waals surface area (Å²) < 4.78 is 0. The van der Waals surface area contributed by atoms with Crippen molar-refractivity contribution >= 4 is 28.5 Å². The molecule has 1 aromatic heterocycles. The molecule has 1 saturated heterocycles. The Morgan fingerprint density at radius 3 is 2.69 bits per heavy atom. The number of H-pyrrole nitrogens is 1. The lowest BCUT2D eigenvalue weighted by molar-refractivity contribution is 0.0921. The molecule has 3 aromatic rings. The van der Waals surface area contributed by atoms with Crippen LogP contribution >= 0.6 is 0 Å². The summed E-state index contributed by atoms with van der Waals surface area (Å²) in [6.45, 7) is 4.83. The topological polar surface area (TPSA) is 98.9 Å². The summed E-state index contributed by atoms with van der Waals surface area (Å²) >= 11 is 0. The number of nitrogens with one attached hydrogen (secondary N) is 4. The first kappa shape index (κ1) is 19.1. The van der Waals surface area contributed by atoms with Gasteiger partial charge in [-0.2, -0.15) is 0 Å². The highest BCUT2D eigenvalue weighted by atomic mass is 16.2. The molecule has 150 valence electrons. The minimum atomic E-state index is -0.235. The Morgan fingerprint density at radius 1 is 1.07 bits per heavy atom. The summed E-state index contributed by atoms with van der Waals surface area (Å²) in [5, 5.41) is 9.26. The van der Waals surface area contributed by atoms with Crippen molar-refractivity contribution < 1.29 is 9.59 Å². The van der Waals surface area contributed by atoms with Crippen LogP contribution in [0.4, 0.5) is 5.69 Å². The standard InChI is InChI=1S/C22H25N5O2/c1-22(7-9-23-10-8-22)13-24-20(28)15-3-2-4-17(11-15)27-21(29)16-5-6-18-19(12-16)26-14-25-18/h2-6,11-12,14,23H,7-10,13H2,1H3,(H,24,28)(H,25,26)(H,27,29). The molecule has 4 N–H and O–H groups in total. The second-order valence-electron chi connectivity index (χ2n) is 7.91. The number of hydrogen-bond donors (Lipinski definition) is 4. The molecule has 4 rings (SSSR count). The summed E-state index contributed by atoms with van der Waals surface area (Å²) in [5.41, 5.74) is 3.37. The van der Waals surface area contributed by atoms with Gasteiger partial charge in [-0.05, 0) is 67.7 Å². The molecule has 2 heterocycles. The van der Waals surface area contributed by atoms with Gasteiger partial charge in [-0.1, -0.05) is 13.0 Å². The number of amides is 2. The molecular formula is C22H25N5O2. The highest BCUT2D eigenvalue weighted by Crippen LogP contribution is 2.26. The van der Waals surface area contributed by atoms with E-state index in [1.54, 1.807) is 48.8 Å². The van der Waals surface area contributed by atoms with Gasteiger partial charge in [0.1, 0.15) is 0 Å². The van der Waals surface area contributed by atoms with Crippen molar-refractivity contribution in [3.8, 4) is 0 Å². The average Bonchev–Trinajstić information content (AvgIpc) is 3.21. The van der Waals surface area contributed by atoms with Crippen LogP contribution in [0.5, 0.6) is 0 Å². The normalized spacial score (nSPS) is 15.8. The third-order valence-electron chi connectivity index (χ3n) is 5.55. The van der Waals surface area contributed by atoms with Gasteiger partial charge in [-0.15, -0.1) is 0 Å². The van der Waals surface area contributed by atoms with Gasteiger partial charge in [0.15, 0.2) is 0 Å². The zero-order valence-electron chi connectivity index (χ0n) is 16.4. The maximum atomic E-state index is 12.6. The highest BCUT2D eigenvalue weighted by Gasteiger charge is 2.27. The van der Waals surface area contributed by atoms with Gasteiger partial charge in [0.05, 0.1) is 17.4 Å². The molecule has 0 bridgehead atoms. The van der Waals surface area contributed by atoms with Gasteiger partial charge in [-0.25, -0.2) is 4.98 Å². The molecule has 0 unspecified atom stereocenters. The third-order valence-corrected chi connectivity index (χ3v) is 5.55. The van der Waals surface area contributed by atoms with Crippen molar-refractivity contribution in [2.75, 3.05) is 25.0 Å². The van der Waals surface area contributed by atoms with E-state index in [2.05, 4.69) is 32.8 Å². The van der Waals surface area contributed by atoms with Crippen LogP contribution in [-0.4, -0.2) is 41.4 Å². The van der Waals surface area contributed by atoms with Crippen molar-refractivity contribution in [1.82, 2.24) is 20.6 Å². The van der Waals surface area contributed by atoms with Crippen LogP contribution in [0.25, 0.3) is 11.0 Å². The Kier molecular flexibility index (Phi) is 5.31. The van der Waals surface area contributed by atoms with Crippen LogP contribution < -0.4 is 16.0 Å². The molecule has 0 saturated carbocycles. The number of aromatic amines is 1. The molecule has 0 aliphatic carbocycles. The smallest absolute Gasteiger partial charge is 0.255 e. The number of carbonyl (C=O) groups excluding carboxylic acids is 2. The van der Waals surface area contributed by atoms with Gasteiger partial charge in [0.25, 0.3) is 11.8 Å². The summed E-state index contributed by atoms with van der Waals surface area (Å²) in [6, 6.07) is 12.3. The molecule has 0 spiro atoms. The molecule has 2 aromatic carbocycles.